The number of rotatable bonds is 12. The monoisotopic (exact) mass is 555 g/mol. The third-order valence-corrected chi connectivity index (χ3v) is 7.91. The normalized spacial score (nSPS) is 12.1. The summed E-state index contributed by atoms with van der Waals surface area (Å²) in [5, 5.41) is 2.82. The summed E-state index contributed by atoms with van der Waals surface area (Å²) < 4.78 is 47.3. The highest BCUT2D eigenvalue weighted by Crippen LogP contribution is 2.26. The molecule has 0 spiro atoms. The number of nitrogens with one attached hydrogen (secondary N) is 1. The van der Waals surface area contributed by atoms with Gasteiger partial charge in [0.05, 0.1) is 17.7 Å². The molecule has 0 unspecified atom stereocenters. The molecule has 3 rings (SSSR count). The van der Waals surface area contributed by atoms with E-state index in [1.54, 1.807) is 6.92 Å². The highest BCUT2D eigenvalue weighted by atomic mass is 32.2. The SMILES string of the molecule is COc1ccc(S(=O)(=O)N(CC(=O)N(CCc2ccccc2)[C@@H](C)C(=O)NC(C)C)c2ccc(F)cc2)cc1. The van der Waals surface area contributed by atoms with Gasteiger partial charge in [0, 0.05) is 12.6 Å². The number of sulfonamides is 1. The van der Waals surface area contributed by atoms with Gasteiger partial charge in [0.15, 0.2) is 0 Å². The molecule has 39 heavy (non-hydrogen) atoms. The van der Waals surface area contributed by atoms with E-state index >= 15 is 0 Å². The minimum absolute atomic E-state index is 0.0677. The summed E-state index contributed by atoms with van der Waals surface area (Å²) in [6.07, 6.45) is 0.466. The van der Waals surface area contributed by atoms with Crippen LogP contribution in [0.1, 0.15) is 26.3 Å². The fraction of sp³-hybridized carbons (Fsp3) is 0.310. The molecule has 0 saturated heterocycles. The fourth-order valence-corrected chi connectivity index (χ4v) is 5.40. The molecule has 0 radical (unpaired) electrons. The molecule has 208 valence electrons. The zero-order valence-corrected chi connectivity index (χ0v) is 23.3. The second-order valence-electron chi connectivity index (χ2n) is 9.33. The second-order valence-corrected chi connectivity index (χ2v) is 11.2. The molecule has 10 heteroatoms. The number of amides is 2. The molecule has 8 nitrogen and oxygen atoms in total. The van der Waals surface area contributed by atoms with Crippen molar-refractivity contribution in [1.29, 1.82) is 0 Å². The van der Waals surface area contributed by atoms with Crippen molar-refractivity contribution in [3.63, 3.8) is 0 Å². The molecule has 3 aromatic carbocycles. The number of anilines is 1. The Kier molecular flexibility index (Phi) is 10.1. The maximum atomic E-state index is 13.8. The number of ether oxygens (including phenoxy) is 1. The number of nitrogens with zero attached hydrogens (tertiary/aromatic N) is 2. The van der Waals surface area contributed by atoms with E-state index in [4.69, 9.17) is 4.74 Å². The number of methoxy groups -OCH3 is 1. The van der Waals surface area contributed by atoms with Gasteiger partial charge in [-0.1, -0.05) is 30.3 Å². The van der Waals surface area contributed by atoms with Crippen LogP contribution in [0.15, 0.2) is 83.8 Å². The van der Waals surface area contributed by atoms with Crippen molar-refractivity contribution >= 4 is 27.5 Å². The fourth-order valence-electron chi connectivity index (χ4n) is 3.99. The molecule has 2 amide bonds. The van der Waals surface area contributed by atoms with Crippen LogP contribution in [0.4, 0.5) is 10.1 Å². The Balaban J connectivity index is 1.97. The third-order valence-electron chi connectivity index (χ3n) is 6.12. The number of hydrogen-bond acceptors (Lipinski definition) is 5. The summed E-state index contributed by atoms with van der Waals surface area (Å²) >= 11 is 0. The van der Waals surface area contributed by atoms with Crippen LogP contribution in [0.25, 0.3) is 0 Å². The Morgan fingerprint density at radius 2 is 1.54 bits per heavy atom. The number of benzene rings is 3. The van der Waals surface area contributed by atoms with Gasteiger partial charge in [-0.2, -0.15) is 0 Å². The molecule has 0 fully saturated rings. The van der Waals surface area contributed by atoms with Gasteiger partial charge in [0.1, 0.15) is 24.2 Å². The van der Waals surface area contributed by atoms with Crippen molar-refractivity contribution in [3.05, 3.63) is 90.2 Å². The average molecular weight is 556 g/mol. The molecule has 0 aromatic heterocycles. The zero-order valence-electron chi connectivity index (χ0n) is 22.5. The van der Waals surface area contributed by atoms with Gasteiger partial charge in [0.25, 0.3) is 10.0 Å². The van der Waals surface area contributed by atoms with Gasteiger partial charge in [-0.05, 0) is 81.3 Å². The first-order valence-corrected chi connectivity index (χ1v) is 14.0. The molecular weight excluding hydrogens is 521 g/mol. The molecule has 1 N–H and O–H groups in total. The van der Waals surface area contributed by atoms with Crippen molar-refractivity contribution in [3.8, 4) is 5.75 Å². The molecule has 0 heterocycles. The molecule has 0 bridgehead atoms. The minimum Gasteiger partial charge on any atom is -0.497 e. The molecule has 3 aromatic rings. The van der Waals surface area contributed by atoms with Crippen molar-refractivity contribution in [2.75, 3.05) is 24.5 Å². The van der Waals surface area contributed by atoms with Crippen LogP contribution in [0.3, 0.4) is 0 Å². The highest BCUT2D eigenvalue weighted by molar-refractivity contribution is 7.92. The average Bonchev–Trinajstić information content (AvgIpc) is 2.92. The lowest BCUT2D eigenvalue weighted by atomic mass is 10.1. The summed E-state index contributed by atoms with van der Waals surface area (Å²) in [5.41, 5.74) is 1.08. The number of halogens is 1. The van der Waals surface area contributed by atoms with Gasteiger partial charge in [-0.25, -0.2) is 12.8 Å². The summed E-state index contributed by atoms with van der Waals surface area (Å²) in [5.74, 6) is -0.998. The molecule has 0 aliphatic rings. The first-order valence-electron chi connectivity index (χ1n) is 12.6. The summed E-state index contributed by atoms with van der Waals surface area (Å²) in [7, 11) is -2.78. The topological polar surface area (TPSA) is 96.0 Å². The zero-order chi connectivity index (χ0) is 28.6. The van der Waals surface area contributed by atoms with Crippen LogP contribution >= 0.6 is 0 Å². The summed E-state index contributed by atoms with van der Waals surface area (Å²) in [6, 6.07) is 19.1. The standard InChI is InChI=1S/C29H34FN3O5S/c1-21(2)31-29(35)22(3)32(19-18-23-8-6-5-7-9-23)28(34)20-33(25-12-10-24(30)11-13-25)39(36,37)27-16-14-26(38-4)15-17-27/h5-17,21-22H,18-20H2,1-4H3,(H,31,35)/t22-/m0/s1. The van der Waals surface area contributed by atoms with Crippen molar-refractivity contribution in [2.24, 2.45) is 0 Å². The van der Waals surface area contributed by atoms with Crippen molar-refractivity contribution in [1.82, 2.24) is 10.2 Å². The molecule has 0 aliphatic carbocycles. The van der Waals surface area contributed by atoms with Gasteiger partial charge < -0.3 is 15.0 Å². The van der Waals surface area contributed by atoms with Crippen molar-refractivity contribution < 1.29 is 27.1 Å². The molecule has 0 saturated carbocycles. The quantitative estimate of drug-likeness (QED) is 0.364. The van der Waals surface area contributed by atoms with Crippen LogP contribution in [0.5, 0.6) is 5.75 Å². The predicted octanol–water partition coefficient (Wildman–Crippen LogP) is 4.01. The predicted molar refractivity (Wildman–Crippen MR) is 149 cm³/mol. The Morgan fingerprint density at radius 1 is 0.923 bits per heavy atom. The maximum Gasteiger partial charge on any atom is 0.264 e. The maximum absolute atomic E-state index is 13.8. The lowest BCUT2D eigenvalue weighted by Gasteiger charge is -2.32. The lowest BCUT2D eigenvalue weighted by Crippen LogP contribution is -2.53. The molecular formula is C29H34FN3O5S. The van der Waals surface area contributed by atoms with Crippen molar-refractivity contribution in [2.45, 2.75) is 44.2 Å². The Morgan fingerprint density at radius 3 is 2.10 bits per heavy atom. The second kappa shape index (κ2) is 13.2. The van der Waals surface area contributed by atoms with E-state index < -0.39 is 34.3 Å². The minimum atomic E-state index is -4.25. The van der Waals surface area contributed by atoms with E-state index in [0.717, 1.165) is 22.0 Å². The third kappa shape index (κ3) is 7.79. The van der Waals surface area contributed by atoms with E-state index in [9.17, 15) is 22.4 Å². The summed E-state index contributed by atoms with van der Waals surface area (Å²) in [4.78, 5) is 28.0. The van der Waals surface area contributed by atoms with Crippen LogP contribution in [0, 0.1) is 5.82 Å². The van der Waals surface area contributed by atoms with E-state index in [0.29, 0.717) is 12.2 Å². The van der Waals surface area contributed by atoms with Gasteiger partial charge in [-0.15, -0.1) is 0 Å². The first kappa shape index (κ1) is 29.6. The van der Waals surface area contributed by atoms with Crippen LogP contribution in [-0.4, -0.2) is 57.4 Å². The largest absolute Gasteiger partial charge is 0.497 e. The lowest BCUT2D eigenvalue weighted by molar-refractivity contribution is -0.139. The number of hydrogen-bond donors (Lipinski definition) is 1. The first-order chi connectivity index (χ1) is 18.5. The Bertz CT molecular complexity index is 1350. The van der Waals surface area contributed by atoms with Gasteiger partial charge in [0.2, 0.25) is 11.8 Å². The van der Waals surface area contributed by atoms with E-state index in [1.807, 2.05) is 44.2 Å². The van der Waals surface area contributed by atoms with E-state index in [1.165, 1.54) is 48.4 Å². The molecule has 1 atom stereocenters. The van der Waals surface area contributed by atoms with Crippen LogP contribution in [-0.2, 0) is 26.0 Å². The Hall–Kier alpha value is -3.92. The van der Waals surface area contributed by atoms with Gasteiger partial charge >= 0.3 is 0 Å². The Labute approximate surface area is 229 Å². The van der Waals surface area contributed by atoms with E-state index in [2.05, 4.69) is 5.32 Å². The van der Waals surface area contributed by atoms with Crippen LogP contribution in [0.2, 0.25) is 0 Å². The highest BCUT2D eigenvalue weighted by Gasteiger charge is 2.32. The van der Waals surface area contributed by atoms with Crippen LogP contribution < -0.4 is 14.4 Å². The smallest absolute Gasteiger partial charge is 0.264 e. The van der Waals surface area contributed by atoms with Gasteiger partial charge in [-0.3, -0.25) is 13.9 Å². The number of carbonyl (C=O) groups excluding carboxylic acids is 2. The molecule has 0 aliphatic heterocycles. The summed E-state index contributed by atoms with van der Waals surface area (Å²) in [6.45, 7) is 4.85. The number of carbonyl (C=O) groups is 2. The van der Waals surface area contributed by atoms with E-state index in [-0.39, 0.29) is 29.1 Å².